The molecule has 4 aromatic rings. The second kappa shape index (κ2) is 13.5. The lowest BCUT2D eigenvalue weighted by Gasteiger charge is -2.35. The number of hydrogen-bond donors (Lipinski definition) is 1. The van der Waals surface area contributed by atoms with Crippen molar-refractivity contribution in [1.82, 2.24) is 9.80 Å². The lowest BCUT2D eigenvalue weighted by Crippen LogP contribution is -2.49. The fourth-order valence-electron chi connectivity index (χ4n) is 5.49. The fourth-order valence-corrected chi connectivity index (χ4v) is 6.48. The van der Waals surface area contributed by atoms with Crippen molar-refractivity contribution in [3.8, 4) is 0 Å². The van der Waals surface area contributed by atoms with Crippen LogP contribution in [0.5, 0.6) is 0 Å². The molecule has 0 aliphatic carbocycles. The van der Waals surface area contributed by atoms with Crippen LogP contribution in [0.3, 0.4) is 0 Å². The Kier molecular flexibility index (Phi) is 9.64. The van der Waals surface area contributed by atoms with E-state index in [2.05, 4.69) is 52.3 Å². The number of aliphatic hydroxyl groups is 1. The standard InChI is InChI=1S/C33H36F2N2OS/c34-28-14-10-26(11-15-28)31(27-12-16-29(35)17-13-27)8-4-18-36-19-21-37(22-20-36)23-30(38)24-39-33-9-3-6-25-5-1-2-7-32(25)33/h1-3,5-7,9-17,30-31,38H,4,8,18-24H2. The van der Waals surface area contributed by atoms with Gasteiger partial charge in [-0.3, -0.25) is 4.90 Å². The minimum Gasteiger partial charge on any atom is -0.391 e. The van der Waals surface area contributed by atoms with Crippen LogP contribution in [-0.4, -0.2) is 66.0 Å². The van der Waals surface area contributed by atoms with E-state index >= 15 is 0 Å². The summed E-state index contributed by atoms with van der Waals surface area (Å²) in [6, 6.07) is 28.1. The molecule has 5 rings (SSSR count). The first-order valence-corrected chi connectivity index (χ1v) is 14.8. The topological polar surface area (TPSA) is 26.7 Å². The lowest BCUT2D eigenvalue weighted by atomic mass is 9.87. The molecule has 0 saturated carbocycles. The number of thioether (sulfide) groups is 1. The van der Waals surface area contributed by atoms with E-state index in [0.717, 1.165) is 56.7 Å². The minimum atomic E-state index is -0.368. The summed E-state index contributed by atoms with van der Waals surface area (Å²) >= 11 is 1.73. The number of rotatable bonds is 11. The summed E-state index contributed by atoms with van der Waals surface area (Å²) in [6.07, 6.45) is 1.55. The summed E-state index contributed by atoms with van der Waals surface area (Å²) in [5.41, 5.74) is 2.12. The molecule has 39 heavy (non-hydrogen) atoms. The molecule has 1 heterocycles. The third-order valence-electron chi connectivity index (χ3n) is 7.63. The lowest BCUT2D eigenvalue weighted by molar-refractivity contribution is 0.0819. The molecule has 0 bridgehead atoms. The van der Waals surface area contributed by atoms with Crippen LogP contribution in [0.2, 0.25) is 0 Å². The monoisotopic (exact) mass is 546 g/mol. The largest absolute Gasteiger partial charge is 0.391 e. The van der Waals surface area contributed by atoms with Gasteiger partial charge in [-0.25, -0.2) is 8.78 Å². The van der Waals surface area contributed by atoms with Gasteiger partial charge >= 0.3 is 0 Å². The highest BCUT2D eigenvalue weighted by atomic mass is 32.2. The van der Waals surface area contributed by atoms with Crippen LogP contribution >= 0.6 is 11.8 Å². The highest BCUT2D eigenvalue weighted by molar-refractivity contribution is 7.99. The minimum absolute atomic E-state index is 0.113. The Labute approximate surface area is 234 Å². The first kappa shape index (κ1) is 27.8. The van der Waals surface area contributed by atoms with E-state index in [9.17, 15) is 13.9 Å². The van der Waals surface area contributed by atoms with Gasteiger partial charge < -0.3 is 10.0 Å². The number of piperazine rings is 1. The number of benzene rings is 4. The van der Waals surface area contributed by atoms with E-state index in [1.807, 2.05) is 24.3 Å². The highest BCUT2D eigenvalue weighted by Gasteiger charge is 2.21. The van der Waals surface area contributed by atoms with Crippen molar-refractivity contribution in [3.63, 3.8) is 0 Å². The molecule has 1 atom stereocenters. The van der Waals surface area contributed by atoms with Gasteiger partial charge in [0.1, 0.15) is 11.6 Å². The quantitative estimate of drug-likeness (QED) is 0.209. The van der Waals surface area contributed by atoms with E-state index in [1.165, 1.54) is 39.9 Å². The van der Waals surface area contributed by atoms with Gasteiger partial charge in [0.25, 0.3) is 0 Å². The van der Waals surface area contributed by atoms with Crippen molar-refractivity contribution in [3.05, 3.63) is 114 Å². The maximum Gasteiger partial charge on any atom is 0.123 e. The van der Waals surface area contributed by atoms with Gasteiger partial charge in [0.2, 0.25) is 0 Å². The molecule has 1 aliphatic rings. The molecule has 6 heteroatoms. The zero-order valence-electron chi connectivity index (χ0n) is 22.2. The van der Waals surface area contributed by atoms with E-state index in [4.69, 9.17) is 0 Å². The molecule has 4 aromatic carbocycles. The number of halogens is 2. The molecule has 0 spiro atoms. The summed E-state index contributed by atoms with van der Waals surface area (Å²) in [5.74, 6) is 0.308. The van der Waals surface area contributed by atoms with E-state index in [0.29, 0.717) is 12.3 Å². The van der Waals surface area contributed by atoms with Crippen LogP contribution in [0, 0.1) is 11.6 Å². The molecular weight excluding hydrogens is 510 g/mol. The first-order chi connectivity index (χ1) is 19.0. The zero-order chi connectivity index (χ0) is 27.0. The fraction of sp³-hybridized carbons (Fsp3) is 0.333. The predicted molar refractivity (Wildman–Crippen MR) is 157 cm³/mol. The van der Waals surface area contributed by atoms with Gasteiger partial charge in [-0.15, -0.1) is 11.8 Å². The number of hydrogen-bond acceptors (Lipinski definition) is 4. The molecule has 1 fully saturated rings. The third-order valence-corrected chi connectivity index (χ3v) is 8.85. The van der Waals surface area contributed by atoms with Crippen LogP contribution < -0.4 is 0 Å². The Hall–Kier alpha value is -2.77. The molecule has 0 radical (unpaired) electrons. The highest BCUT2D eigenvalue weighted by Crippen LogP contribution is 2.30. The van der Waals surface area contributed by atoms with Crippen LogP contribution in [-0.2, 0) is 0 Å². The molecule has 0 amide bonds. The normalized spacial score (nSPS) is 15.7. The smallest absolute Gasteiger partial charge is 0.123 e. The summed E-state index contributed by atoms with van der Waals surface area (Å²) in [5, 5.41) is 13.2. The Morgan fingerprint density at radius 2 is 1.31 bits per heavy atom. The maximum atomic E-state index is 13.5. The summed E-state index contributed by atoms with van der Waals surface area (Å²) in [7, 11) is 0. The molecule has 0 aromatic heterocycles. The Morgan fingerprint density at radius 1 is 0.718 bits per heavy atom. The molecule has 1 aliphatic heterocycles. The Morgan fingerprint density at radius 3 is 1.97 bits per heavy atom. The Balaban J connectivity index is 1.07. The second-order valence-corrected chi connectivity index (χ2v) is 11.4. The molecule has 1 saturated heterocycles. The molecule has 1 unspecified atom stereocenters. The van der Waals surface area contributed by atoms with Gasteiger partial charge in [0, 0.05) is 49.3 Å². The van der Waals surface area contributed by atoms with Crippen molar-refractivity contribution in [2.75, 3.05) is 45.0 Å². The van der Waals surface area contributed by atoms with Gasteiger partial charge in [0.15, 0.2) is 0 Å². The average Bonchev–Trinajstić information content (AvgIpc) is 2.96. The van der Waals surface area contributed by atoms with Crippen molar-refractivity contribution in [2.45, 2.75) is 29.8 Å². The number of fused-ring (bicyclic) bond motifs is 1. The number of β-amino-alcohol motifs (C(OH)–C–C–N with tert-alkyl or cyclic N) is 1. The van der Waals surface area contributed by atoms with Crippen LogP contribution in [0.15, 0.2) is 95.9 Å². The number of nitrogens with zero attached hydrogens (tertiary/aromatic N) is 2. The molecule has 204 valence electrons. The molecule has 3 nitrogen and oxygen atoms in total. The van der Waals surface area contributed by atoms with Crippen LogP contribution in [0.1, 0.15) is 29.9 Å². The SMILES string of the molecule is OC(CSc1cccc2ccccc12)CN1CCN(CCCC(c2ccc(F)cc2)c2ccc(F)cc2)CC1. The van der Waals surface area contributed by atoms with E-state index in [-0.39, 0.29) is 23.7 Å². The van der Waals surface area contributed by atoms with Crippen molar-refractivity contribution >= 4 is 22.5 Å². The third kappa shape index (κ3) is 7.67. The summed E-state index contributed by atoms with van der Waals surface area (Å²) in [4.78, 5) is 6.07. The van der Waals surface area contributed by atoms with Crippen molar-refractivity contribution in [1.29, 1.82) is 0 Å². The predicted octanol–water partition coefficient (Wildman–Crippen LogP) is 6.80. The molecular formula is C33H36F2N2OS. The average molecular weight is 547 g/mol. The summed E-state index contributed by atoms with van der Waals surface area (Å²) in [6.45, 7) is 5.57. The van der Waals surface area contributed by atoms with Crippen LogP contribution in [0.25, 0.3) is 10.8 Å². The van der Waals surface area contributed by atoms with Crippen molar-refractivity contribution in [2.24, 2.45) is 0 Å². The van der Waals surface area contributed by atoms with Gasteiger partial charge in [-0.05, 0) is 71.6 Å². The first-order valence-electron chi connectivity index (χ1n) is 13.8. The van der Waals surface area contributed by atoms with Crippen LogP contribution in [0.4, 0.5) is 8.78 Å². The van der Waals surface area contributed by atoms with Crippen molar-refractivity contribution < 1.29 is 13.9 Å². The number of aliphatic hydroxyl groups excluding tert-OH is 1. The van der Waals surface area contributed by atoms with E-state index in [1.54, 1.807) is 11.8 Å². The van der Waals surface area contributed by atoms with Gasteiger partial charge in [-0.1, -0.05) is 60.7 Å². The molecule has 1 N–H and O–H groups in total. The van der Waals surface area contributed by atoms with Gasteiger partial charge in [-0.2, -0.15) is 0 Å². The zero-order valence-corrected chi connectivity index (χ0v) is 23.0. The summed E-state index contributed by atoms with van der Waals surface area (Å²) < 4.78 is 27.0. The van der Waals surface area contributed by atoms with E-state index < -0.39 is 0 Å². The Bertz CT molecular complexity index is 1270. The second-order valence-electron chi connectivity index (χ2n) is 10.4. The maximum absolute atomic E-state index is 13.5. The van der Waals surface area contributed by atoms with Gasteiger partial charge in [0.05, 0.1) is 6.10 Å².